The van der Waals surface area contributed by atoms with E-state index < -0.39 is 5.91 Å². The molecule has 0 unspecified atom stereocenters. The highest BCUT2D eigenvalue weighted by molar-refractivity contribution is 8.19. The number of carbonyl (C=O) groups excluding carboxylic acids is 2. The summed E-state index contributed by atoms with van der Waals surface area (Å²) in [5.41, 5.74) is 1.04. The first-order chi connectivity index (χ1) is 11.0. The minimum absolute atomic E-state index is 0.0750. The first kappa shape index (κ1) is 15.9. The van der Waals surface area contributed by atoms with Crippen LogP contribution in [0.2, 0.25) is 10.0 Å². The Morgan fingerprint density at radius 2 is 1.65 bits per heavy atom. The Morgan fingerprint density at radius 3 is 2.26 bits per heavy atom. The van der Waals surface area contributed by atoms with Crippen LogP contribution in [0.25, 0.3) is 6.08 Å². The molecule has 0 radical (unpaired) electrons. The first-order valence-corrected chi connectivity index (χ1v) is 8.05. The molecular weight excluding hydrogens is 357 g/mol. The first-order valence-electron chi connectivity index (χ1n) is 6.48. The van der Waals surface area contributed by atoms with Crippen molar-refractivity contribution in [3.8, 4) is 5.75 Å². The van der Waals surface area contributed by atoms with Gasteiger partial charge >= 0.3 is 0 Å². The molecule has 0 saturated carbocycles. The molecule has 2 aromatic carbocycles. The largest absolute Gasteiger partial charge is 0.505 e. The Balaban J connectivity index is 1.96. The highest BCUT2D eigenvalue weighted by Gasteiger charge is 2.36. The van der Waals surface area contributed by atoms with Gasteiger partial charge in [-0.15, -0.1) is 0 Å². The predicted molar refractivity (Wildman–Crippen MR) is 93.0 cm³/mol. The summed E-state index contributed by atoms with van der Waals surface area (Å²) in [6.45, 7) is 0. The van der Waals surface area contributed by atoms with Crippen molar-refractivity contribution in [2.75, 3.05) is 4.90 Å². The van der Waals surface area contributed by atoms with Gasteiger partial charge in [0.05, 0.1) is 20.6 Å². The third-order valence-corrected chi connectivity index (χ3v) is 4.59. The number of rotatable bonds is 2. The van der Waals surface area contributed by atoms with Crippen molar-refractivity contribution in [3.63, 3.8) is 0 Å². The Labute approximate surface area is 146 Å². The maximum absolute atomic E-state index is 12.5. The van der Waals surface area contributed by atoms with Crippen LogP contribution < -0.4 is 4.90 Å². The second-order valence-electron chi connectivity index (χ2n) is 4.69. The average Bonchev–Trinajstić information content (AvgIpc) is 2.80. The number of hydrogen-bond donors (Lipinski definition) is 1. The number of halogens is 2. The molecule has 4 nitrogen and oxygen atoms in total. The summed E-state index contributed by atoms with van der Waals surface area (Å²) in [6, 6.07) is 11.6. The fraction of sp³-hybridized carbons (Fsp3) is 0. The van der Waals surface area contributed by atoms with Crippen molar-refractivity contribution in [1.29, 1.82) is 0 Å². The molecule has 1 aliphatic rings. The van der Waals surface area contributed by atoms with Crippen LogP contribution in [-0.2, 0) is 4.79 Å². The number of aromatic hydroxyl groups is 1. The molecule has 1 heterocycles. The molecule has 7 heteroatoms. The number of benzene rings is 2. The highest BCUT2D eigenvalue weighted by atomic mass is 35.5. The van der Waals surface area contributed by atoms with Crippen molar-refractivity contribution in [1.82, 2.24) is 0 Å². The Kier molecular flexibility index (Phi) is 4.35. The minimum atomic E-state index is -0.411. The number of amides is 2. The lowest BCUT2D eigenvalue weighted by Gasteiger charge is -2.11. The molecule has 0 aliphatic carbocycles. The maximum Gasteiger partial charge on any atom is 0.298 e. The van der Waals surface area contributed by atoms with Crippen molar-refractivity contribution in [2.45, 2.75) is 0 Å². The van der Waals surface area contributed by atoms with Crippen molar-refractivity contribution < 1.29 is 14.7 Å². The fourth-order valence-electron chi connectivity index (χ4n) is 2.09. The van der Waals surface area contributed by atoms with E-state index in [4.69, 9.17) is 23.2 Å². The molecule has 3 rings (SSSR count). The lowest BCUT2D eigenvalue weighted by molar-refractivity contribution is -0.113. The molecule has 0 spiro atoms. The van der Waals surface area contributed by atoms with Crippen molar-refractivity contribution in [3.05, 3.63) is 63.0 Å². The highest BCUT2D eigenvalue weighted by Crippen LogP contribution is 2.38. The predicted octanol–water partition coefficient (Wildman–Crippen LogP) is 4.94. The van der Waals surface area contributed by atoms with Gasteiger partial charge in [0.25, 0.3) is 11.1 Å². The van der Waals surface area contributed by atoms with Crippen LogP contribution in [0.3, 0.4) is 0 Å². The zero-order valence-electron chi connectivity index (χ0n) is 11.5. The lowest BCUT2D eigenvalue weighted by Crippen LogP contribution is -2.27. The van der Waals surface area contributed by atoms with Crippen molar-refractivity contribution >= 4 is 57.9 Å². The van der Waals surface area contributed by atoms with E-state index in [0.29, 0.717) is 11.3 Å². The number of phenols is 1. The van der Waals surface area contributed by atoms with Gasteiger partial charge in [-0.2, -0.15) is 0 Å². The molecular formula is C16H9Cl2NO3S. The van der Waals surface area contributed by atoms with Crippen LogP contribution in [-0.4, -0.2) is 16.3 Å². The minimum Gasteiger partial charge on any atom is -0.505 e. The molecule has 1 aliphatic heterocycles. The van der Waals surface area contributed by atoms with Crippen LogP contribution in [0.5, 0.6) is 5.75 Å². The smallest absolute Gasteiger partial charge is 0.298 e. The lowest BCUT2D eigenvalue weighted by atomic mass is 10.2. The van der Waals surface area contributed by atoms with Gasteiger partial charge in [0, 0.05) is 0 Å². The molecule has 2 amide bonds. The van der Waals surface area contributed by atoms with Gasteiger partial charge in [0.15, 0.2) is 5.75 Å². The van der Waals surface area contributed by atoms with Crippen LogP contribution in [0.4, 0.5) is 10.5 Å². The van der Waals surface area contributed by atoms with Gasteiger partial charge in [-0.3, -0.25) is 9.59 Å². The summed E-state index contributed by atoms with van der Waals surface area (Å²) >= 11 is 12.6. The van der Waals surface area contributed by atoms with E-state index in [1.807, 2.05) is 0 Å². The average molecular weight is 366 g/mol. The zero-order chi connectivity index (χ0) is 16.6. The van der Waals surface area contributed by atoms with E-state index >= 15 is 0 Å². The van der Waals surface area contributed by atoms with E-state index in [1.165, 1.54) is 18.2 Å². The Bertz CT molecular complexity index is 813. The Hall–Kier alpha value is -1.95. The molecule has 1 N–H and O–H groups in total. The number of nitrogens with zero attached hydrogens (tertiary/aromatic N) is 1. The summed E-state index contributed by atoms with van der Waals surface area (Å²) in [6.07, 6.45) is 1.52. The number of carbonyl (C=O) groups is 2. The third kappa shape index (κ3) is 3.08. The number of hydrogen-bond acceptors (Lipinski definition) is 4. The van der Waals surface area contributed by atoms with Gasteiger partial charge in [-0.1, -0.05) is 41.4 Å². The zero-order valence-corrected chi connectivity index (χ0v) is 13.8. The van der Waals surface area contributed by atoms with E-state index in [2.05, 4.69) is 0 Å². The normalized spacial score (nSPS) is 16.4. The van der Waals surface area contributed by atoms with Gasteiger partial charge < -0.3 is 5.11 Å². The molecule has 0 bridgehead atoms. The van der Waals surface area contributed by atoms with Gasteiger partial charge in [-0.25, -0.2) is 4.90 Å². The summed E-state index contributed by atoms with van der Waals surface area (Å²) in [4.78, 5) is 25.9. The van der Waals surface area contributed by atoms with Crippen molar-refractivity contribution in [2.24, 2.45) is 0 Å². The monoisotopic (exact) mass is 365 g/mol. The molecule has 0 atom stereocenters. The quantitative estimate of drug-likeness (QED) is 0.765. The molecule has 1 fully saturated rings. The van der Waals surface area contributed by atoms with Gasteiger partial charge in [0.1, 0.15) is 0 Å². The number of imide groups is 1. The molecule has 1 saturated heterocycles. The van der Waals surface area contributed by atoms with Crippen LogP contribution >= 0.6 is 35.0 Å². The molecule has 2 aromatic rings. The summed E-state index contributed by atoms with van der Waals surface area (Å²) in [5.74, 6) is -0.630. The van der Waals surface area contributed by atoms with E-state index in [9.17, 15) is 14.7 Å². The van der Waals surface area contributed by atoms with Crippen LogP contribution in [0, 0.1) is 0 Å². The topological polar surface area (TPSA) is 57.6 Å². The number of para-hydroxylation sites is 1. The molecule has 116 valence electrons. The van der Waals surface area contributed by atoms with Gasteiger partial charge in [0.2, 0.25) is 0 Å². The maximum atomic E-state index is 12.5. The standard InChI is InChI=1S/C16H9Cl2NO3S/c17-11-6-9(7-12(18)14(11)20)8-13-15(21)19(16(22)23-13)10-4-2-1-3-5-10/h1-8,20H/b13-8-. The number of phenolic OH excluding ortho intramolecular Hbond substituents is 1. The SMILES string of the molecule is O=C1S/C(=C\c2cc(Cl)c(O)c(Cl)c2)C(=O)N1c1ccccc1. The van der Waals surface area contributed by atoms with Gasteiger partial charge in [-0.05, 0) is 47.7 Å². The van der Waals surface area contributed by atoms with Crippen LogP contribution in [0.1, 0.15) is 5.56 Å². The van der Waals surface area contributed by atoms with E-state index in [0.717, 1.165) is 16.7 Å². The summed E-state index contributed by atoms with van der Waals surface area (Å²) < 4.78 is 0. The Morgan fingerprint density at radius 1 is 1.04 bits per heavy atom. The number of anilines is 1. The van der Waals surface area contributed by atoms with E-state index in [-0.39, 0.29) is 25.9 Å². The summed E-state index contributed by atoms with van der Waals surface area (Å²) in [5, 5.41) is 9.34. The fourth-order valence-corrected chi connectivity index (χ4v) is 3.43. The van der Waals surface area contributed by atoms with E-state index in [1.54, 1.807) is 30.3 Å². The summed E-state index contributed by atoms with van der Waals surface area (Å²) in [7, 11) is 0. The second-order valence-corrected chi connectivity index (χ2v) is 6.49. The third-order valence-electron chi connectivity index (χ3n) is 3.15. The molecule has 0 aromatic heterocycles. The van der Waals surface area contributed by atoms with Crippen LogP contribution in [0.15, 0.2) is 47.4 Å². The molecule has 23 heavy (non-hydrogen) atoms. The second kappa shape index (κ2) is 6.28. The number of thioether (sulfide) groups is 1.